The first-order valence-corrected chi connectivity index (χ1v) is 13.0. The van der Waals surface area contributed by atoms with Crippen molar-refractivity contribution in [1.29, 1.82) is 0 Å². The molecule has 2 N–H and O–H groups in total. The van der Waals surface area contributed by atoms with Gasteiger partial charge < -0.3 is 15.4 Å². The summed E-state index contributed by atoms with van der Waals surface area (Å²) in [4.78, 5) is 31.6. The molecule has 1 aliphatic heterocycles. The number of anilines is 1. The minimum Gasteiger partial charge on any atom is -0.457 e. The third-order valence-electron chi connectivity index (χ3n) is 6.62. The second-order valence-corrected chi connectivity index (χ2v) is 11.1. The summed E-state index contributed by atoms with van der Waals surface area (Å²) in [7, 11) is 0. The molecule has 0 unspecified atom stereocenters. The van der Waals surface area contributed by atoms with Crippen LogP contribution in [0.4, 0.5) is 5.82 Å². The number of aromatic nitrogens is 1. The summed E-state index contributed by atoms with van der Waals surface area (Å²) in [5, 5.41) is 6.32. The molecule has 6 nitrogen and oxygen atoms in total. The molecule has 7 heteroatoms. The number of dihydropyridines is 1. The Morgan fingerprint density at radius 3 is 2.54 bits per heavy atom. The van der Waals surface area contributed by atoms with E-state index in [1.165, 1.54) is 0 Å². The van der Waals surface area contributed by atoms with Gasteiger partial charge in [0.1, 0.15) is 17.3 Å². The van der Waals surface area contributed by atoms with Crippen molar-refractivity contribution in [1.82, 2.24) is 10.3 Å². The van der Waals surface area contributed by atoms with Gasteiger partial charge in [0.15, 0.2) is 5.78 Å². The molecule has 5 rings (SSSR count). The number of nitrogens with zero attached hydrogens (tertiary/aromatic N) is 1. The Labute approximate surface area is 225 Å². The summed E-state index contributed by atoms with van der Waals surface area (Å²) >= 11 is 3.37. The number of para-hydroxylation sites is 1. The van der Waals surface area contributed by atoms with Crippen molar-refractivity contribution in [3.05, 3.63) is 106 Å². The lowest BCUT2D eigenvalue weighted by Gasteiger charge is -2.39. The summed E-state index contributed by atoms with van der Waals surface area (Å²) < 4.78 is 6.91. The molecule has 1 amide bonds. The van der Waals surface area contributed by atoms with Crippen LogP contribution in [0.1, 0.15) is 45.1 Å². The molecule has 3 aromatic rings. The van der Waals surface area contributed by atoms with Crippen LogP contribution in [0, 0.1) is 5.41 Å². The molecule has 1 aromatic heterocycles. The topological polar surface area (TPSA) is 80.3 Å². The van der Waals surface area contributed by atoms with Gasteiger partial charge in [-0.25, -0.2) is 4.98 Å². The van der Waals surface area contributed by atoms with Gasteiger partial charge in [-0.15, -0.1) is 0 Å². The van der Waals surface area contributed by atoms with Crippen molar-refractivity contribution in [2.75, 3.05) is 5.32 Å². The number of rotatable bonds is 5. The van der Waals surface area contributed by atoms with Crippen molar-refractivity contribution in [2.24, 2.45) is 5.41 Å². The lowest BCUT2D eigenvalue weighted by Crippen LogP contribution is -2.39. The number of allylic oxidation sites excluding steroid dienone is 3. The third kappa shape index (κ3) is 5.37. The molecule has 2 heterocycles. The first-order valence-electron chi connectivity index (χ1n) is 12.2. The molecule has 0 saturated heterocycles. The molecule has 0 saturated carbocycles. The fourth-order valence-electron chi connectivity index (χ4n) is 5.09. The molecular weight excluding hydrogens is 530 g/mol. The zero-order valence-corrected chi connectivity index (χ0v) is 22.6. The van der Waals surface area contributed by atoms with E-state index in [-0.39, 0.29) is 17.1 Å². The largest absolute Gasteiger partial charge is 0.457 e. The molecule has 0 fully saturated rings. The quantitative estimate of drug-likeness (QED) is 0.357. The average molecular weight is 558 g/mol. The molecule has 2 aromatic carbocycles. The van der Waals surface area contributed by atoms with E-state index in [0.29, 0.717) is 34.9 Å². The minimum atomic E-state index is -0.533. The second kappa shape index (κ2) is 9.98. The lowest BCUT2D eigenvalue weighted by atomic mass is 9.68. The van der Waals surface area contributed by atoms with E-state index in [2.05, 4.69) is 45.4 Å². The van der Waals surface area contributed by atoms with Crippen molar-refractivity contribution in [3.63, 3.8) is 0 Å². The minimum absolute atomic E-state index is 0.0534. The maximum Gasteiger partial charge on any atom is 0.255 e. The Hall–Kier alpha value is -3.71. The maximum atomic E-state index is 13.7. The number of ketones is 1. The van der Waals surface area contributed by atoms with Crippen LogP contribution in [-0.4, -0.2) is 16.7 Å². The van der Waals surface area contributed by atoms with Crippen LogP contribution in [0.2, 0.25) is 0 Å². The highest BCUT2D eigenvalue weighted by Gasteiger charge is 2.42. The summed E-state index contributed by atoms with van der Waals surface area (Å²) in [5.74, 6) is 1.01. The normalized spacial score (nSPS) is 18.7. The maximum absolute atomic E-state index is 13.7. The number of ether oxygens (including phenoxy) is 1. The third-order valence-corrected chi connectivity index (χ3v) is 7.09. The number of halogens is 1. The standard InChI is InChI=1S/C30H28BrN3O3/c1-18-26(29(36)34-25-13-12-20(31)17-32-25)27(28-23(33-18)15-30(2,3)16-24(28)35)19-8-7-11-22(14-19)37-21-9-5-4-6-10-21/h4-14,17,27,33H,15-16H2,1-3H3,(H,32,34,36)/t27-/m0/s1. The number of carbonyl (C=O) groups excluding carboxylic acids is 2. The summed E-state index contributed by atoms with van der Waals surface area (Å²) in [6.45, 7) is 6.08. The Morgan fingerprint density at radius 2 is 1.81 bits per heavy atom. The van der Waals surface area contributed by atoms with Crippen LogP contribution < -0.4 is 15.4 Å². The number of Topliss-reactive ketones (excluding diaryl/α,β-unsaturated/α-hetero) is 1. The number of carbonyl (C=O) groups is 2. The predicted octanol–water partition coefficient (Wildman–Crippen LogP) is 6.88. The SMILES string of the molecule is CC1=C(C(=O)Nc2ccc(Br)cn2)[C@H](c2cccc(Oc3ccccc3)c2)C2=C(CC(C)(C)CC2=O)N1. The molecule has 0 spiro atoms. The van der Waals surface area contributed by atoms with Gasteiger partial charge in [0, 0.05) is 45.5 Å². The van der Waals surface area contributed by atoms with Crippen LogP contribution in [0.5, 0.6) is 11.5 Å². The number of hydrogen-bond donors (Lipinski definition) is 2. The Balaban J connectivity index is 1.57. The van der Waals surface area contributed by atoms with Gasteiger partial charge in [0.25, 0.3) is 5.91 Å². The fraction of sp³-hybridized carbons (Fsp3) is 0.233. The molecule has 1 atom stereocenters. The van der Waals surface area contributed by atoms with Gasteiger partial charge in [-0.1, -0.05) is 44.2 Å². The molecule has 2 aliphatic rings. The van der Waals surface area contributed by atoms with E-state index in [4.69, 9.17) is 4.74 Å². The van der Waals surface area contributed by atoms with E-state index in [1.807, 2.05) is 67.6 Å². The van der Waals surface area contributed by atoms with Crippen molar-refractivity contribution in [2.45, 2.75) is 39.5 Å². The van der Waals surface area contributed by atoms with Gasteiger partial charge in [-0.3, -0.25) is 9.59 Å². The van der Waals surface area contributed by atoms with Crippen molar-refractivity contribution < 1.29 is 14.3 Å². The van der Waals surface area contributed by atoms with Crippen molar-refractivity contribution >= 4 is 33.4 Å². The molecule has 0 radical (unpaired) electrons. The monoisotopic (exact) mass is 557 g/mol. The van der Waals surface area contributed by atoms with Gasteiger partial charge in [0.05, 0.1) is 0 Å². The zero-order chi connectivity index (χ0) is 26.2. The van der Waals surface area contributed by atoms with Crippen LogP contribution in [0.25, 0.3) is 0 Å². The first kappa shape index (κ1) is 25.0. The Bertz CT molecular complexity index is 1430. The van der Waals surface area contributed by atoms with E-state index in [9.17, 15) is 9.59 Å². The fourth-order valence-corrected chi connectivity index (χ4v) is 5.32. The molecule has 1 aliphatic carbocycles. The van der Waals surface area contributed by atoms with E-state index in [1.54, 1.807) is 12.3 Å². The Morgan fingerprint density at radius 1 is 1.05 bits per heavy atom. The summed E-state index contributed by atoms with van der Waals surface area (Å²) in [5.41, 5.74) is 3.41. The van der Waals surface area contributed by atoms with Gasteiger partial charge >= 0.3 is 0 Å². The number of amides is 1. The second-order valence-electron chi connectivity index (χ2n) is 10.2. The number of pyridine rings is 1. The van der Waals surface area contributed by atoms with E-state index >= 15 is 0 Å². The lowest BCUT2D eigenvalue weighted by molar-refractivity contribution is -0.118. The average Bonchev–Trinajstić information content (AvgIpc) is 2.84. The van der Waals surface area contributed by atoms with Crippen LogP contribution in [0.15, 0.2) is 99.9 Å². The summed E-state index contributed by atoms with van der Waals surface area (Å²) in [6.07, 6.45) is 2.78. The van der Waals surface area contributed by atoms with Crippen molar-refractivity contribution in [3.8, 4) is 11.5 Å². The molecule has 188 valence electrons. The predicted molar refractivity (Wildman–Crippen MR) is 147 cm³/mol. The number of nitrogens with one attached hydrogen (secondary N) is 2. The highest BCUT2D eigenvalue weighted by atomic mass is 79.9. The molecular formula is C30H28BrN3O3. The molecule has 0 bridgehead atoms. The zero-order valence-electron chi connectivity index (χ0n) is 21.0. The number of benzene rings is 2. The first-order chi connectivity index (χ1) is 17.7. The highest BCUT2D eigenvalue weighted by molar-refractivity contribution is 9.10. The van der Waals surface area contributed by atoms with E-state index < -0.39 is 5.92 Å². The van der Waals surface area contributed by atoms with Gasteiger partial charge in [-0.05, 0) is 76.7 Å². The molecule has 37 heavy (non-hydrogen) atoms. The highest BCUT2D eigenvalue weighted by Crippen LogP contribution is 2.47. The Kier molecular flexibility index (Phi) is 6.73. The van der Waals surface area contributed by atoms with E-state index in [0.717, 1.165) is 27.9 Å². The van der Waals surface area contributed by atoms with Gasteiger partial charge in [0.2, 0.25) is 0 Å². The smallest absolute Gasteiger partial charge is 0.255 e. The summed E-state index contributed by atoms with van der Waals surface area (Å²) in [6, 6.07) is 20.7. The van der Waals surface area contributed by atoms with Crippen LogP contribution >= 0.6 is 15.9 Å². The van der Waals surface area contributed by atoms with Gasteiger partial charge in [-0.2, -0.15) is 0 Å². The van der Waals surface area contributed by atoms with Crippen LogP contribution in [-0.2, 0) is 9.59 Å². The number of hydrogen-bond acceptors (Lipinski definition) is 5. The van der Waals surface area contributed by atoms with Crippen LogP contribution in [0.3, 0.4) is 0 Å².